The number of unbranched alkanes of at least 4 members (excludes halogenated alkanes) is 3. The fraction of sp³-hybridized carbons (Fsp3) is 0.407. The van der Waals surface area contributed by atoms with Crippen LogP contribution < -0.4 is 10.6 Å². The number of nitrogens with zero attached hydrogens (tertiary/aromatic N) is 2. The minimum absolute atomic E-state index is 0.0148. The minimum atomic E-state index is -0.511. The van der Waals surface area contributed by atoms with Crippen molar-refractivity contribution >= 4 is 58.5 Å². The fourth-order valence-electron chi connectivity index (χ4n) is 4.05. The smallest absolute Gasteiger partial charge is 0.321 e. The van der Waals surface area contributed by atoms with E-state index in [0.29, 0.717) is 35.4 Å². The summed E-state index contributed by atoms with van der Waals surface area (Å²) in [4.78, 5) is 28.7. The Bertz CT molecular complexity index is 1100. The van der Waals surface area contributed by atoms with E-state index in [1.54, 1.807) is 29.2 Å². The molecule has 1 aliphatic rings. The number of hydrogen-bond acceptors (Lipinski definition) is 3. The van der Waals surface area contributed by atoms with Gasteiger partial charge in [0.05, 0.1) is 15.1 Å². The summed E-state index contributed by atoms with van der Waals surface area (Å²) in [5.41, 5.74) is 1.30. The molecule has 37 heavy (non-hydrogen) atoms. The Morgan fingerprint density at radius 1 is 0.892 bits per heavy atom. The average Bonchev–Trinajstić information content (AvgIpc) is 3.12. The SMILES string of the molecule is O=C(/C=C/c1ccc(Cl)c(Cl)c1)NCCCCCCN1CCCN(C(=O)Nc2ccc(F)c(Cl)c2)CC1. The topological polar surface area (TPSA) is 64.7 Å². The second kappa shape index (κ2) is 15.2. The van der Waals surface area contributed by atoms with Crippen molar-refractivity contribution in [1.29, 1.82) is 0 Å². The van der Waals surface area contributed by atoms with Crippen LogP contribution in [0.3, 0.4) is 0 Å². The van der Waals surface area contributed by atoms with Gasteiger partial charge in [0.1, 0.15) is 5.82 Å². The number of rotatable bonds is 10. The highest BCUT2D eigenvalue weighted by Gasteiger charge is 2.19. The van der Waals surface area contributed by atoms with Crippen LogP contribution in [0.5, 0.6) is 0 Å². The molecule has 1 saturated heterocycles. The van der Waals surface area contributed by atoms with Crippen molar-refractivity contribution in [3.63, 3.8) is 0 Å². The van der Waals surface area contributed by atoms with Crippen LogP contribution in [0.1, 0.15) is 37.7 Å². The van der Waals surface area contributed by atoms with Crippen LogP contribution in [0.2, 0.25) is 15.1 Å². The van der Waals surface area contributed by atoms with E-state index in [9.17, 15) is 14.0 Å². The van der Waals surface area contributed by atoms with Crippen molar-refractivity contribution in [3.8, 4) is 0 Å². The van der Waals surface area contributed by atoms with Crippen LogP contribution in [-0.2, 0) is 4.79 Å². The lowest BCUT2D eigenvalue weighted by Gasteiger charge is -2.22. The minimum Gasteiger partial charge on any atom is -0.353 e. The molecule has 0 radical (unpaired) electrons. The third kappa shape index (κ3) is 10.2. The van der Waals surface area contributed by atoms with Gasteiger partial charge in [0, 0.05) is 37.9 Å². The quantitative estimate of drug-likeness (QED) is 0.247. The van der Waals surface area contributed by atoms with Crippen LogP contribution in [0.25, 0.3) is 6.08 Å². The van der Waals surface area contributed by atoms with Crippen LogP contribution in [0, 0.1) is 5.82 Å². The summed E-state index contributed by atoms with van der Waals surface area (Å²) < 4.78 is 13.3. The number of benzene rings is 2. The summed E-state index contributed by atoms with van der Waals surface area (Å²) >= 11 is 17.7. The molecule has 2 N–H and O–H groups in total. The molecular weight excluding hydrogens is 538 g/mol. The lowest BCUT2D eigenvalue weighted by Crippen LogP contribution is -2.38. The molecule has 0 spiro atoms. The summed E-state index contributed by atoms with van der Waals surface area (Å²) in [6.07, 6.45) is 8.23. The van der Waals surface area contributed by atoms with Crippen molar-refractivity contribution in [3.05, 3.63) is 68.9 Å². The van der Waals surface area contributed by atoms with Crippen LogP contribution >= 0.6 is 34.8 Å². The number of hydrogen-bond donors (Lipinski definition) is 2. The van der Waals surface area contributed by atoms with Crippen molar-refractivity contribution in [2.24, 2.45) is 0 Å². The van der Waals surface area contributed by atoms with E-state index in [4.69, 9.17) is 34.8 Å². The first-order valence-electron chi connectivity index (χ1n) is 12.5. The molecule has 3 amide bonds. The normalized spacial score (nSPS) is 14.5. The zero-order valence-corrected chi connectivity index (χ0v) is 22.9. The van der Waals surface area contributed by atoms with Gasteiger partial charge in [-0.05, 0) is 74.3 Å². The molecule has 200 valence electrons. The second-order valence-electron chi connectivity index (χ2n) is 8.95. The summed E-state index contributed by atoms with van der Waals surface area (Å²) in [7, 11) is 0. The predicted octanol–water partition coefficient (Wildman–Crippen LogP) is 6.72. The largest absolute Gasteiger partial charge is 0.353 e. The number of carbonyl (C=O) groups excluding carboxylic acids is 2. The Labute approximate surface area is 232 Å². The van der Waals surface area contributed by atoms with E-state index >= 15 is 0 Å². The van der Waals surface area contributed by atoms with Crippen molar-refractivity contribution < 1.29 is 14.0 Å². The summed E-state index contributed by atoms with van der Waals surface area (Å²) in [6.45, 7) is 4.71. The van der Waals surface area contributed by atoms with Crippen molar-refractivity contribution in [2.45, 2.75) is 32.1 Å². The van der Waals surface area contributed by atoms with E-state index in [-0.39, 0.29) is 17.0 Å². The molecule has 1 aliphatic heterocycles. The van der Waals surface area contributed by atoms with Crippen LogP contribution in [0.4, 0.5) is 14.9 Å². The van der Waals surface area contributed by atoms with Gasteiger partial charge in [0.2, 0.25) is 5.91 Å². The monoisotopic (exact) mass is 568 g/mol. The Hall–Kier alpha value is -2.32. The van der Waals surface area contributed by atoms with Gasteiger partial charge in [-0.15, -0.1) is 0 Å². The third-order valence-electron chi connectivity index (χ3n) is 6.12. The van der Waals surface area contributed by atoms with Crippen LogP contribution in [-0.4, -0.2) is 61.0 Å². The zero-order valence-electron chi connectivity index (χ0n) is 20.6. The molecule has 10 heteroatoms. The molecule has 0 aromatic heterocycles. The lowest BCUT2D eigenvalue weighted by atomic mass is 10.2. The highest BCUT2D eigenvalue weighted by Crippen LogP contribution is 2.23. The maximum atomic E-state index is 13.3. The number of anilines is 1. The first-order chi connectivity index (χ1) is 17.8. The van der Waals surface area contributed by atoms with Gasteiger partial charge in [-0.2, -0.15) is 0 Å². The van der Waals surface area contributed by atoms with Crippen LogP contribution in [0.15, 0.2) is 42.5 Å². The first kappa shape index (κ1) is 29.2. The van der Waals surface area contributed by atoms with E-state index < -0.39 is 5.82 Å². The van der Waals surface area contributed by atoms with Crippen molar-refractivity contribution in [2.75, 3.05) is 44.6 Å². The lowest BCUT2D eigenvalue weighted by molar-refractivity contribution is -0.116. The van der Waals surface area contributed by atoms with Gasteiger partial charge in [0.15, 0.2) is 0 Å². The molecule has 1 heterocycles. The molecule has 2 aromatic carbocycles. The molecule has 3 rings (SSSR count). The maximum absolute atomic E-state index is 13.3. The fourth-order valence-corrected chi connectivity index (χ4v) is 4.53. The van der Waals surface area contributed by atoms with Gasteiger partial charge in [-0.25, -0.2) is 9.18 Å². The molecule has 0 saturated carbocycles. The third-order valence-corrected chi connectivity index (χ3v) is 7.15. The number of halogens is 4. The zero-order chi connectivity index (χ0) is 26.6. The van der Waals surface area contributed by atoms with E-state index in [2.05, 4.69) is 15.5 Å². The maximum Gasteiger partial charge on any atom is 0.321 e. The summed E-state index contributed by atoms with van der Waals surface area (Å²) in [5, 5.41) is 6.62. The molecule has 0 atom stereocenters. The summed E-state index contributed by atoms with van der Waals surface area (Å²) in [6, 6.07) is 9.19. The molecule has 2 aromatic rings. The van der Waals surface area contributed by atoms with E-state index in [1.165, 1.54) is 24.3 Å². The van der Waals surface area contributed by atoms with E-state index in [0.717, 1.165) is 57.3 Å². The first-order valence-corrected chi connectivity index (χ1v) is 13.6. The molecule has 0 aliphatic carbocycles. The van der Waals surface area contributed by atoms with Gasteiger partial charge in [0.25, 0.3) is 0 Å². The molecule has 1 fully saturated rings. The molecular formula is C27H32Cl3FN4O2. The Morgan fingerprint density at radius 2 is 1.70 bits per heavy atom. The number of carbonyl (C=O) groups is 2. The molecule has 6 nitrogen and oxygen atoms in total. The second-order valence-corrected chi connectivity index (χ2v) is 10.2. The highest BCUT2D eigenvalue weighted by molar-refractivity contribution is 6.42. The van der Waals surface area contributed by atoms with Gasteiger partial charge < -0.3 is 20.4 Å². The Kier molecular flexibility index (Phi) is 12.0. The molecule has 0 unspecified atom stereocenters. The number of amides is 3. The highest BCUT2D eigenvalue weighted by atomic mass is 35.5. The average molecular weight is 570 g/mol. The van der Waals surface area contributed by atoms with Gasteiger partial charge in [-0.3, -0.25) is 4.79 Å². The van der Waals surface area contributed by atoms with Crippen molar-refractivity contribution in [1.82, 2.24) is 15.1 Å². The Morgan fingerprint density at radius 3 is 2.49 bits per heavy atom. The Balaban J connectivity index is 1.25. The predicted molar refractivity (Wildman–Crippen MR) is 150 cm³/mol. The molecule has 0 bridgehead atoms. The summed E-state index contributed by atoms with van der Waals surface area (Å²) in [5.74, 6) is -0.643. The number of nitrogens with one attached hydrogen (secondary N) is 2. The number of urea groups is 1. The van der Waals surface area contributed by atoms with Gasteiger partial charge >= 0.3 is 6.03 Å². The van der Waals surface area contributed by atoms with Gasteiger partial charge in [-0.1, -0.05) is 53.7 Å². The standard InChI is InChI=1S/C27H32Cl3FN4O2/c28-22-9-6-20(18-23(22)29)7-11-26(36)32-12-3-1-2-4-13-34-14-5-15-35(17-16-34)27(37)33-21-8-10-25(31)24(30)19-21/h6-11,18-19H,1-5,12-17H2,(H,32,36)(H,33,37)/b11-7+. The van der Waals surface area contributed by atoms with E-state index in [1.807, 2.05) is 0 Å².